The molecule has 3 heterocycles. The Hall–Kier alpha value is -2.51. The highest BCUT2D eigenvalue weighted by Crippen LogP contribution is 2.22. The third-order valence-electron chi connectivity index (χ3n) is 3.63. The molecule has 3 rings (SSSR count). The first-order valence-electron chi connectivity index (χ1n) is 7.09. The molecule has 114 valence electrons. The number of nitrogens with one attached hydrogen (secondary N) is 3. The van der Waals surface area contributed by atoms with Crippen LogP contribution in [0.1, 0.15) is 23.7 Å². The zero-order chi connectivity index (χ0) is 15.4. The van der Waals surface area contributed by atoms with Gasteiger partial charge in [-0.2, -0.15) is 5.10 Å². The standard InChI is InChI=1S/C15H18N6O/c1-21-7-3-5-14(21)12-8-13(19-18-12)15(22)20-17-10-11-4-2-6-16-9-11/h2-7,9-10,12-13,18-19H,8H2,1H3,(H,20,22)/b17-10+. The summed E-state index contributed by atoms with van der Waals surface area (Å²) in [5.41, 5.74) is 10.7. The van der Waals surface area contributed by atoms with Crippen LogP contribution in [0.4, 0.5) is 0 Å². The van der Waals surface area contributed by atoms with E-state index in [1.165, 1.54) is 0 Å². The second kappa shape index (κ2) is 6.50. The van der Waals surface area contributed by atoms with E-state index >= 15 is 0 Å². The lowest BCUT2D eigenvalue weighted by molar-refractivity contribution is -0.122. The number of hydrazine groups is 1. The van der Waals surface area contributed by atoms with Crippen molar-refractivity contribution in [2.45, 2.75) is 18.5 Å². The maximum atomic E-state index is 12.1. The molecule has 2 aromatic heterocycles. The van der Waals surface area contributed by atoms with Crippen LogP contribution in [-0.2, 0) is 11.8 Å². The smallest absolute Gasteiger partial charge is 0.258 e. The molecule has 22 heavy (non-hydrogen) atoms. The highest BCUT2D eigenvalue weighted by molar-refractivity contribution is 5.84. The van der Waals surface area contributed by atoms with E-state index < -0.39 is 0 Å². The first kappa shape index (κ1) is 14.4. The molecule has 3 N–H and O–H groups in total. The zero-order valence-electron chi connectivity index (χ0n) is 12.2. The van der Waals surface area contributed by atoms with Crippen LogP contribution < -0.4 is 16.3 Å². The lowest BCUT2D eigenvalue weighted by atomic mass is 10.1. The van der Waals surface area contributed by atoms with Crippen molar-refractivity contribution in [1.29, 1.82) is 0 Å². The number of hydrazone groups is 1. The summed E-state index contributed by atoms with van der Waals surface area (Å²) in [5, 5.41) is 3.95. The summed E-state index contributed by atoms with van der Waals surface area (Å²) < 4.78 is 2.04. The Morgan fingerprint density at radius 2 is 2.36 bits per heavy atom. The molecular formula is C15H18N6O. The molecule has 1 aliphatic heterocycles. The van der Waals surface area contributed by atoms with Crippen molar-refractivity contribution in [3.05, 3.63) is 54.1 Å². The minimum absolute atomic E-state index is 0.109. The van der Waals surface area contributed by atoms with Crippen molar-refractivity contribution in [1.82, 2.24) is 25.8 Å². The van der Waals surface area contributed by atoms with Gasteiger partial charge in [-0.15, -0.1) is 0 Å². The van der Waals surface area contributed by atoms with Gasteiger partial charge in [-0.25, -0.2) is 16.3 Å². The predicted molar refractivity (Wildman–Crippen MR) is 82.8 cm³/mol. The second-order valence-electron chi connectivity index (χ2n) is 5.19. The maximum absolute atomic E-state index is 12.1. The zero-order valence-corrected chi connectivity index (χ0v) is 12.2. The minimum atomic E-state index is -0.314. The van der Waals surface area contributed by atoms with E-state index in [1.807, 2.05) is 42.1 Å². The largest absolute Gasteiger partial charge is 0.353 e. The molecule has 7 nitrogen and oxygen atoms in total. The molecule has 7 heteroatoms. The Kier molecular flexibility index (Phi) is 4.27. The van der Waals surface area contributed by atoms with Crippen molar-refractivity contribution in [3.63, 3.8) is 0 Å². The number of amides is 1. The number of pyridine rings is 1. The number of nitrogens with zero attached hydrogens (tertiary/aromatic N) is 3. The summed E-state index contributed by atoms with van der Waals surface area (Å²) in [6, 6.07) is 7.51. The number of carbonyl (C=O) groups is 1. The van der Waals surface area contributed by atoms with Crippen molar-refractivity contribution in [3.8, 4) is 0 Å². The van der Waals surface area contributed by atoms with Gasteiger partial charge in [0.05, 0.1) is 12.3 Å². The quantitative estimate of drug-likeness (QED) is 0.566. The normalized spacial score (nSPS) is 21.3. The Bertz CT molecular complexity index is 666. The van der Waals surface area contributed by atoms with Gasteiger partial charge in [0.2, 0.25) is 0 Å². The van der Waals surface area contributed by atoms with Crippen molar-refractivity contribution >= 4 is 12.1 Å². The van der Waals surface area contributed by atoms with Gasteiger partial charge in [0.25, 0.3) is 5.91 Å². The van der Waals surface area contributed by atoms with Crippen molar-refractivity contribution in [2.24, 2.45) is 12.1 Å². The third-order valence-corrected chi connectivity index (χ3v) is 3.63. The molecule has 1 aliphatic rings. The first-order valence-corrected chi connectivity index (χ1v) is 7.09. The number of aryl methyl sites for hydroxylation is 1. The van der Waals surface area contributed by atoms with Crippen LogP contribution in [0, 0.1) is 0 Å². The summed E-state index contributed by atoms with van der Waals surface area (Å²) in [4.78, 5) is 16.1. The fraction of sp³-hybridized carbons (Fsp3) is 0.267. The van der Waals surface area contributed by atoms with Gasteiger partial charge >= 0.3 is 0 Å². The number of aromatic nitrogens is 2. The molecule has 0 saturated carbocycles. The molecule has 2 atom stereocenters. The molecule has 0 aromatic carbocycles. The van der Waals surface area contributed by atoms with Crippen LogP contribution >= 0.6 is 0 Å². The number of rotatable bonds is 4. The van der Waals surface area contributed by atoms with Gasteiger partial charge in [0.15, 0.2) is 0 Å². The van der Waals surface area contributed by atoms with E-state index in [0.717, 1.165) is 11.3 Å². The minimum Gasteiger partial charge on any atom is -0.353 e. The molecule has 0 radical (unpaired) electrons. The summed E-state index contributed by atoms with van der Waals surface area (Å²) >= 11 is 0. The van der Waals surface area contributed by atoms with Crippen LogP contribution in [0.15, 0.2) is 48.0 Å². The van der Waals surface area contributed by atoms with Gasteiger partial charge in [0.1, 0.15) is 6.04 Å². The average Bonchev–Trinajstić information content (AvgIpc) is 3.17. The fourth-order valence-electron chi connectivity index (χ4n) is 2.46. The summed E-state index contributed by atoms with van der Waals surface area (Å²) in [5.74, 6) is -0.163. The molecular weight excluding hydrogens is 280 g/mol. The monoisotopic (exact) mass is 298 g/mol. The lowest BCUT2D eigenvalue weighted by Gasteiger charge is -2.10. The maximum Gasteiger partial charge on any atom is 0.258 e. The van der Waals surface area contributed by atoms with E-state index in [9.17, 15) is 4.79 Å². The molecule has 1 fully saturated rings. The first-order chi connectivity index (χ1) is 10.7. The van der Waals surface area contributed by atoms with Crippen LogP contribution in [0.2, 0.25) is 0 Å². The summed E-state index contributed by atoms with van der Waals surface area (Å²) in [6.07, 6.45) is 7.60. The van der Waals surface area contributed by atoms with Gasteiger partial charge < -0.3 is 4.57 Å². The summed E-state index contributed by atoms with van der Waals surface area (Å²) in [7, 11) is 1.99. The van der Waals surface area contributed by atoms with E-state index in [4.69, 9.17) is 0 Å². The Balaban J connectivity index is 1.54. The Morgan fingerprint density at radius 3 is 3.09 bits per heavy atom. The van der Waals surface area contributed by atoms with Gasteiger partial charge in [-0.3, -0.25) is 9.78 Å². The van der Waals surface area contributed by atoms with Gasteiger partial charge in [-0.1, -0.05) is 6.07 Å². The van der Waals surface area contributed by atoms with Crippen LogP contribution in [0.3, 0.4) is 0 Å². The highest BCUT2D eigenvalue weighted by atomic mass is 16.2. The fourth-order valence-corrected chi connectivity index (χ4v) is 2.46. The second-order valence-corrected chi connectivity index (χ2v) is 5.19. The molecule has 0 bridgehead atoms. The van der Waals surface area contributed by atoms with E-state index in [0.29, 0.717) is 6.42 Å². The topological polar surface area (TPSA) is 83.3 Å². The van der Waals surface area contributed by atoms with Crippen molar-refractivity contribution in [2.75, 3.05) is 0 Å². The average molecular weight is 298 g/mol. The van der Waals surface area contributed by atoms with E-state index in [-0.39, 0.29) is 18.0 Å². The molecule has 2 aromatic rings. The molecule has 0 spiro atoms. The third kappa shape index (κ3) is 3.21. The van der Waals surface area contributed by atoms with Gasteiger partial charge in [0, 0.05) is 36.9 Å². The van der Waals surface area contributed by atoms with Crippen LogP contribution in [0.25, 0.3) is 0 Å². The van der Waals surface area contributed by atoms with Gasteiger partial charge in [-0.05, 0) is 24.6 Å². The predicted octanol–water partition coefficient (Wildman–Crippen LogP) is 0.478. The summed E-state index contributed by atoms with van der Waals surface area (Å²) in [6.45, 7) is 0. The number of hydrogen-bond acceptors (Lipinski definition) is 5. The van der Waals surface area contributed by atoms with E-state index in [1.54, 1.807) is 18.6 Å². The van der Waals surface area contributed by atoms with Crippen LogP contribution in [0.5, 0.6) is 0 Å². The van der Waals surface area contributed by atoms with E-state index in [2.05, 4.69) is 26.4 Å². The molecule has 1 amide bonds. The highest BCUT2D eigenvalue weighted by Gasteiger charge is 2.30. The number of carbonyl (C=O) groups excluding carboxylic acids is 1. The van der Waals surface area contributed by atoms with Crippen molar-refractivity contribution < 1.29 is 4.79 Å². The molecule has 1 saturated heterocycles. The Morgan fingerprint density at radius 1 is 1.45 bits per heavy atom. The lowest BCUT2D eigenvalue weighted by Crippen LogP contribution is -2.41. The Labute approximate surface area is 128 Å². The molecule has 2 unspecified atom stereocenters. The number of hydrogen-bond donors (Lipinski definition) is 3. The van der Waals surface area contributed by atoms with Crippen LogP contribution in [-0.4, -0.2) is 27.7 Å². The molecule has 0 aliphatic carbocycles. The SMILES string of the molecule is Cn1cccc1C1CC(C(=O)N/N=C/c2cccnc2)NN1.